The van der Waals surface area contributed by atoms with Crippen LogP contribution in [0.4, 0.5) is 0 Å². The molecule has 0 spiro atoms. The first-order chi connectivity index (χ1) is 7.53. The van der Waals surface area contributed by atoms with Crippen molar-refractivity contribution in [2.45, 2.75) is 25.9 Å². The van der Waals surface area contributed by atoms with Gasteiger partial charge in [0, 0.05) is 19.5 Å². The molecule has 0 aromatic heterocycles. The van der Waals surface area contributed by atoms with Crippen LogP contribution >= 0.6 is 7.60 Å². The van der Waals surface area contributed by atoms with Crippen LogP contribution in [0.25, 0.3) is 0 Å². The molecule has 0 bridgehead atoms. The molecule has 1 rings (SSSR count). The van der Waals surface area contributed by atoms with Gasteiger partial charge in [0.2, 0.25) is 0 Å². The second-order valence-corrected chi connectivity index (χ2v) is 6.09. The molecule has 94 valence electrons. The number of likely N-dealkylation sites (tertiary alicyclic amines) is 1. The fourth-order valence-electron chi connectivity index (χ4n) is 1.81. The summed E-state index contributed by atoms with van der Waals surface area (Å²) in [4.78, 5) is 13.8. The third kappa shape index (κ3) is 3.14. The maximum absolute atomic E-state index is 12.4. The summed E-state index contributed by atoms with van der Waals surface area (Å²) in [5, 5.41) is 0. The molecule has 1 heterocycles. The lowest BCUT2D eigenvalue weighted by molar-refractivity contribution is -0.121. The zero-order valence-corrected chi connectivity index (χ0v) is 11.0. The molecule has 1 fully saturated rings. The van der Waals surface area contributed by atoms with Crippen LogP contribution in [0.15, 0.2) is 0 Å². The highest BCUT2D eigenvalue weighted by Crippen LogP contribution is 2.54. The summed E-state index contributed by atoms with van der Waals surface area (Å²) in [7, 11) is -1.38. The van der Waals surface area contributed by atoms with Crippen LogP contribution in [0.1, 0.15) is 20.3 Å². The first-order valence-corrected chi connectivity index (χ1v) is 7.24. The van der Waals surface area contributed by atoms with E-state index >= 15 is 0 Å². The SMILES string of the molecule is CCOP(=O)(OCC)[C@@H]1CN(C)CCC1=O. The smallest absolute Gasteiger partial charge is 0.308 e. The quantitative estimate of drug-likeness (QED) is 0.691. The van der Waals surface area contributed by atoms with E-state index in [9.17, 15) is 9.36 Å². The Morgan fingerprint density at radius 1 is 1.38 bits per heavy atom. The van der Waals surface area contributed by atoms with Crippen LogP contribution in [-0.4, -0.2) is 49.7 Å². The number of carbonyl (C=O) groups excluding carboxylic acids is 1. The van der Waals surface area contributed by atoms with Crippen LogP contribution in [0, 0.1) is 0 Å². The Morgan fingerprint density at radius 3 is 2.44 bits per heavy atom. The first-order valence-electron chi connectivity index (χ1n) is 5.63. The average Bonchev–Trinajstić information content (AvgIpc) is 2.22. The van der Waals surface area contributed by atoms with Gasteiger partial charge in [-0.25, -0.2) is 0 Å². The van der Waals surface area contributed by atoms with Crippen molar-refractivity contribution in [3.8, 4) is 0 Å². The second-order valence-electron chi connectivity index (χ2n) is 3.87. The monoisotopic (exact) mass is 249 g/mol. The van der Waals surface area contributed by atoms with E-state index in [4.69, 9.17) is 9.05 Å². The van der Waals surface area contributed by atoms with Crippen LogP contribution in [0.3, 0.4) is 0 Å². The largest absolute Gasteiger partial charge is 0.342 e. The Bertz CT molecular complexity index is 285. The predicted octanol–water partition coefficient (Wildman–Crippen LogP) is 1.53. The Hall–Kier alpha value is -0.220. The molecule has 0 saturated carbocycles. The normalized spacial score (nSPS) is 23.7. The Labute approximate surface area is 96.6 Å². The summed E-state index contributed by atoms with van der Waals surface area (Å²) in [6.07, 6.45) is 0.422. The molecular weight excluding hydrogens is 229 g/mol. The van der Waals surface area contributed by atoms with Gasteiger partial charge in [-0.15, -0.1) is 0 Å². The van der Waals surface area contributed by atoms with Gasteiger partial charge >= 0.3 is 7.60 Å². The van der Waals surface area contributed by atoms with Gasteiger partial charge in [0.15, 0.2) is 5.78 Å². The van der Waals surface area contributed by atoms with E-state index < -0.39 is 13.3 Å². The molecular formula is C10H20NO4P. The number of ketones is 1. The number of piperidine rings is 1. The maximum Gasteiger partial charge on any atom is 0.342 e. The van der Waals surface area contributed by atoms with Crippen molar-refractivity contribution in [1.29, 1.82) is 0 Å². The Kier molecular flexibility index (Phi) is 5.12. The molecule has 1 aliphatic heterocycles. The molecule has 0 N–H and O–H groups in total. The minimum atomic E-state index is -3.28. The van der Waals surface area contributed by atoms with Crippen molar-refractivity contribution in [2.24, 2.45) is 0 Å². The molecule has 0 aromatic carbocycles. The van der Waals surface area contributed by atoms with Crippen molar-refractivity contribution >= 4 is 13.4 Å². The first kappa shape index (κ1) is 13.8. The molecule has 0 aromatic rings. The van der Waals surface area contributed by atoms with Gasteiger partial charge < -0.3 is 13.9 Å². The molecule has 1 aliphatic rings. The van der Waals surface area contributed by atoms with Crippen molar-refractivity contribution < 1.29 is 18.4 Å². The predicted molar refractivity (Wildman–Crippen MR) is 61.8 cm³/mol. The van der Waals surface area contributed by atoms with E-state index in [0.29, 0.717) is 32.7 Å². The highest BCUT2D eigenvalue weighted by atomic mass is 31.2. The molecule has 0 aliphatic carbocycles. The molecule has 1 atom stereocenters. The second kappa shape index (κ2) is 5.92. The molecule has 1 saturated heterocycles. The van der Waals surface area contributed by atoms with Gasteiger partial charge in [-0.3, -0.25) is 9.36 Å². The van der Waals surface area contributed by atoms with Crippen molar-refractivity contribution in [3.63, 3.8) is 0 Å². The molecule has 0 radical (unpaired) electrons. The topological polar surface area (TPSA) is 55.8 Å². The van der Waals surface area contributed by atoms with Crippen LogP contribution in [-0.2, 0) is 18.4 Å². The number of rotatable bonds is 5. The van der Waals surface area contributed by atoms with E-state index in [0.717, 1.165) is 0 Å². The number of hydrogen-bond acceptors (Lipinski definition) is 5. The van der Waals surface area contributed by atoms with E-state index in [1.807, 2.05) is 11.9 Å². The van der Waals surface area contributed by atoms with Crippen molar-refractivity contribution in [3.05, 3.63) is 0 Å². The summed E-state index contributed by atoms with van der Waals surface area (Å²) in [6, 6.07) is 0. The fourth-order valence-corrected chi connectivity index (χ4v) is 3.92. The molecule has 6 heteroatoms. The number of nitrogens with zero attached hydrogens (tertiary/aromatic N) is 1. The van der Waals surface area contributed by atoms with Crippen molar-refractivity contribution in [2.75, 3.05) is 33.4 Å². The van der Waals surface area contributed by atoms with Crippen LogP contribution in [0.5, 0.6) is 0 Å². The lowest BCUT2D eigenvalue weighted by Gasteiger charge is -2.32. The van der Waals surface area contributed by atoms with Crippen molar-refractivity contribution in [1.82, 2.24) is 4.90 Å². The molecule has 16 heavy (non-hydrogen) atoms. The highest BCUT2D eigenvalue weighted by Gasteiger charge is 2.43. The van der Waals surface area contributed by atoms with E-state index in [1.54, 1.807) is 13.8 Å². The fraction of sp³-hybridized carbons (Fsp3) is 0.900. The lowest BCUT2D eigenvalue weighted by Crippen LogP contribution is -2.42. The van der Waals surface area contributed by atoms with E-state index in [-0.39, 0.29) is 5.78 Å². The summed E-state index contributed by atoms with van der Waals surface area (Å²) >= 11 is 0. The third-order valence-electron chi connectivity index (χ3n) is 2.60. The summed E-state index contributed by atoms with van der Waals surface area (Å²) in [6.45, 7) is 5.27. The number of Topliss-reactive ketones (excluding diaryl/α,β-unsaturated/α-hetero) is 1. The number of carbonyl (C=O) groups is 1. The van der Waals surface area contributed by atoms with Crippen LogP contribution in [0.2, 0.25) is 0 Å². The zero-order chi connectivity index (χ0) is 12.2. The summed E-state index contributed by atoms with van der Waals surface area (Å²) < 4.78 is 22.9. The minimum absolute atomic E-state index is 0.0108. The molecule has 5 nitrogen and oxygen atoms in total. The Morgan fingerprint density at radius 2 is 1.94 bits per heavy atom. The summed E-state index contributed by atoms with van der Waals surface area (Å²) in [5.41, 5.74) is -0.619. The van der Waals surface area contributed by atoms with Gasteiger partial charge in [-0.05, 0) is 20.9 Å². The standard InChI is InChI=1S/C10H20NO4P/c1-4-14-16(13,15-5-2)10-8-11(3)7-6-9(10)12/h10H,4-8H2,1-3H3/t10-/m1/s1. The van der Waals surface area contributed by atoms with Gasteiger partial charge in [0.1, 0.15) is 5.66 Å². The number of hydrogen-bond donors (Lipinski definition) is 0. The van der Waals surface area contributed by atoms with E-state index in [1.165, 1.54) is 0 Å². The van der Waals surface area contributed by atoms with Gasteiger partial charge in [0.05, 0.1) is 13.2 Å². The molecule has 0 unspecified atom stereocenters. The highest BCUT2D eigenvalue weighted by molar-refractivity contribution is 7.55. The third-order valence-corrected chi connectivity index (χ3v) is 5.05. The average molecular weight is 249 g/mol. The van der Waals surface area contributed by atoms with Gasteiger partial charge in [0.25, 0.3) is 0 Å². The molecule has 0 amide bonds. The van der Waals surface area contributed by atoms with Gasteiger partial charge in [-0.1, -0.05) is 0 Å². The van der Waals surface area contributed by atoms with Crippen LogP contribution < -0.4 is 0 Å². The van der Waals surface area contributed by atoms with E-state index in [2.05, 4.69) is 0 Å². The minimum Gasteiger partial charge on any atom is -0.308 e. The summed E-state index contributed by atoms with van der Waals surface area (Å²) in [5.74, 6) is -0.0108. The lowest BCUT2D eigenvalue weighted by atomic mass is 10.1. The Balaban J connectivity index is 2.83. The maximum atomic E-state index is 12.4. The zero-order valence-electron chi connectivity index (χ0n) is 10.1. The van der Waals surface area contributed by atoms with Gasteiger partial charge in [-0.2, -0.15) is 0 Å².